The van der Waals surface area contributed by atoms with Crippen molar-refractivity contribution in [1.82, 2.24) is 10.2 Å². The zero-order chi connectivity index (χ0) is 10.2. The van der Waals surface area contributed by atoms with E-state index in [9.17, 15) is 19.2 Å². The van der Waals surface area contributed by atoms with Crippen molar-refractivity contribution in [2.75, 3.05) is 0 Å². The zero-order valence-corrected chi connectivity index (χ0v) is 6.73. The van der Waals surface area contributed by atoms with Crippen LogP contribution in [0.4, 0.5) is 4.79 Å². The Balaban J connectivity index is 2.92. The van der Waals surface area contributed by atoms with Crippen LogP contribution in [-0.2, 0) is 14.4 Å². The van der Waals surface area contributed by atoms with E-state index >= 15 is 0 Å². The van der Waals surface area contributed by atoms with E-state index in [2.05, 4.69) is 0 Å². The van der Waals surface area contributed by atoms with Crippen molar-refractivity contribution in [2.45, 2.75) is 13.0 Å². The monoisotopic (exact) mass is 185 g/mol. The SMILES string of the molecule is CC(C(N)=O)N1C(=O)NC(=O)C1=O. The Labute approximate surface area is 72.9 Å². The maximum absolute atomic E-state index is 10.9. The first-order valence-corrected chi connectivity index (χ1v) is 3.43. The highest BCUT2D eigenvalue weighted by molar-refractivity contribution is 6.45. The number of primary amides is 1. The van der Waals surface area contributed by atoms with Crippen LogP contribution in [0.1, 0.15) is 6.92 Å². The molecule has 13 heavy (non-hydrogen) atoms. The van der Waals surface area contributed by atoms with Gasteiger partial charge in [0.15, 0.2) is 0 Å². The van der Waals surface area contributed by atoms with E-state index in [4.69, 9.17) is 5.73 Å². The fourth-order valence-electron chi connectivity index (χ4n) is 0.891. The third-order valence-corrected chi connectivity index (χ3v) is 1.65. The smallest absolute Gasteiger partial charge is 0.332 e. The molecule has 1 atom stereocenters. The molecule has 0 aliphatic carbocycles. The molecule has 5 amide bonds. The van der Waals surface area contributed by atoms with Gasteiger partial charge in [-0.2, -0.15) is 0 Å². The van der Waals surface area contributed by atoms with Crippen molar-refractivity contribution in [1.29, 1.82) is 0 Å². The van der Waals surface area contributed by atoms with Crippen LogP contribution < -0.4 is 11.1 Å². The van der Waals surface area contributed by atoms with Gasteiger partial charge < -0.3 is 5.73 Å². The molecular weight excluding hydrogens is 178 g/mol. The van der Waals surface area contributed by atoms with E-state index in [1.165, 1.54) is 6.92 Å². The van der Waals surface area contributed by atoms with Crippen LogP contribution in [0, 0.1) is 0 Å². The second-order valence-electron chi connectivity index (χ2n) is 2.51. The lowest BCUT2D eigenvalue weighted by molar-refractivity contribution is -0.142. The van der Waals surface area contributed by atoms with Gasteiger partial charge >= 0.3 is 17.8 Å². The van der Waals surface area contributed by atoms with Gasteiger partial charge in [0, 0.05) is 0 Å². The molecule has 1 heterocycles. The van der Waals surface area contributed by atoms with Gasteiger partial charge in [0.2, 0.25) is 5.91 Å². The maximum Gasteiger partial charge on any atom is 0.332 e. The molecule has 0 saturated carbocycles. The molecule has 7 nitrogen and oxygen atoms in total. The Morgan fingerprint density at radius 2 is 2.00 bits per heavy atom. The van der Waals surface area contributed by atoms with Gasteiger partial charge in [-0.3, -0.25) is 19.7 Å². The van der Waals surface area contributed by atoms with Gasteiger partial charge in [-0.25, -0.2) is 9.69 Å². The minimum Gasteiger partial charge on any atom is -0.368 e. The number of rotatable bonds is 2. The van der Waals surface area contributed by atoms with Crippen molar-refractivity contribution in [3.05, 3.63) is 0 Å². The first-order valence-electron chi connectivity index (χ1n) is 3.43. The molecule has 0 aromatic carbocycles. The second-order valence-corrected chi connectivity index (χ2v) is 2.51. The summed E-state index contributed by atoms with van der Waals surface area (Å²) in [5.74, 6) is -2.95. The molecule has 1 unspecified atom stereocenters. The minimum atomic E-state index is -1.11. The van der Waals surface area contributed by atoms with Crippen molar-refractivity contribution in [3.8, 4) is 0 Å². The molecule has 3 N–H and O–H groups in total. The van der Waals surface area contributed by atoms with Crippen LogP contribution >= 0.6 is 0 Å². The summed E-state index contributed by atoms with van der Waals surface area (Å²) >= 11 is 0. The molecule has 1 fully saturated rings. The summed E-state index contributed by atoms with van der Waals surface area (Å²) in [6.45, 7) is 1.26. The fraction of sp³-hybridized carbons (Fsp3) is 0.333. The lowest BCUT2D eigenvalue weighted by Crippen LogP contribution is -2.46. The number of amides is 5. The Morgan fingerprint density at radius 1 is 1.46 bits per heavy atom. The highest BCUT2D eigenvalue weighted by Crippen LogP contribution is 2.05. The van der Waals surface area contributed by atoms with Crippen molar-refractivity contribution in [3.63, 3.8) is 0 Å². The summed E-state index contributed by atoms with van der Waals surface area (Å²) in [7, 11) is 0. The Morgan fingerprint density at radius 3 is 2.31 bits per heavy atom. The number of carbonyl (C=O) groups is 4. The van der Waals surface area contributed by atoms with Crippen LogP contribution in [0.25, 0.3) is 0 Å². The van der Waals surface area contributed by atoms with Crippen LogP contribution in [0.3, 0.4) is 0 Å². The van der Waals surface area contributed by atoms with Crippen LogP contribution in [0.15, 0.2) is 0 Å². The van der Waals surface area contributed by atoms with Gasteiger partial charge in [-0.15, -0.1) is 0 Å². The lowest BCUT2D eigenvalue weighted by atomic mass is 10.3. The van der Waals surface area contributed by atoms with E-state index in [0.29, 0.717) is 4.90 Å². The van der Waals surface area contributed by atoms with Crippen molar-refractivity contribution < 1.29 is 19.2 Å². The van der Waals surface area contributed by atoms with E-state index in [0.717, 1.165) is 0 Å². The second kappa shape index (κ2) is 2.85. The third-order valence-electron chi connectivity index (χ3n) is 1.65. The number of nitrogens with zero attached hydrogens (tertiary/aromatic N) is 1. The van der Waals surface area contributed by atoms with Crippen LogP contribution in [0.5, 0.6) is 0 Å². The third kappa shape index (κ3) is 1.35. The van der Waals surface area contributed by atoms with Gasteiger partial charge in [-0.1, -0.05) is 0 Å². The number of hydrogen-bond acceptors (Lipinski definition) is 4. The average molecular weight is 185 g/mol. The fourth-order valence-corrected chi connectivity index (χ4v) is 0.891. The van der Waals surface area contributed by atoms with Crippen molar-refractivity contribution in [2.24, 2.45) is 5.73 Å². The number of carbonyl (C=O) groups excluding carboxylic acids is 4. The number of nitrogens with one attached hydrogen (secondary N) is 1. The van der Waals surface area contributed by atoms with Crippen LogP contribution in [0.2, 0.25) is 0 Å². The zero-order valence-electron chi connectivity index (χ0n) is 6.73. The number of imide groups is 2. The highest BCUT2D eigenvalue weighted by atomic mass is 16.2. The molecule has 0 bridgehead atoms. The molecule has 70 valence electrons. The number of nitrogens with two attached hydrogens (primary N) is 1. The number of urea groups is 1. The van der Waals surface area contributed by atoms with Crippen molar-refractivity contribution >= 4 is 23.8 Å². The van der Waals surface area contributed by atoms with E-state index in [1.54, 1.807) is 5.32 Å². The summed E-state index contributed by atoms with van der Waals surface area (Å²) in [5, 5.41) is 1.74. The maximum atomic E-state index is 10.9. The molecule has 1 saturated heterocycles. The largest absolute Gasteiger partial charge is 0.368 e. The molecule has 0 spiro atoms. The molecule has 0 aromatic rings. The Kier molecular flexibility index (Phi) is 2.01. The Bertz CT molecular complexity index is 311. The normalized spacial score (nSPS) is 18.8. The van der Waals surface area contributed by atoms with E-state index in [1.807, 2.05) is 0 Å². The lowest BCUT2D eigenvalue weighted by Gasteiger charge is -2.16. The first kappa shape index (κ1) is 9.17. The highest BCUT2D eigenvalue weighted by Gasteiger charge is 2.41. The molecule has 1 aliphatic rings. The predicted molar refractivity (Wildman–Crippen MR) is 39.0 cm³/mol. The summed E-state index contributed by atoms with van der Waals surface area (Å²) in [6.07, 6.45) is 0. The summed E-state index contributed by atoms with van der Waals surface area (Å²) in [5.41, 5.74) is 4.86. The van der Waals surface area contributed by atoms with Gasteiger partial charge in [0.25, 0.3) is 0 Å². The minimum absolute atomic E-state index is 0.491. The molecule has 1 aliphatic heterocycles. The van der Waals surface area contributed by atoms with Crippen LogP contribution in [-0.4, -0.2) is 34.7 Å². The predicted octanol–water partition coefficient (Wildman–Crippen LogP) is -2.06. The molecule has 7 heteroatoms. The standard InChI is InChI=1S/C6H7N3O4/c1-2(3(7)10)9-5(12)4(11)8-6(9)13/h2H,1H3,(H2,7,10)(H,8,11,13). The average Bonchev–Trinajstić information content (AvgIpc) is 2.26. The summed E-state index contributed by atoms with van der Waals surface area (Å²) in [6, 6.07) is -2.03. The quantitative estimate of drug-likeness (QED) is 0.380. The van der Waals surface area contributed by atoms with Gasteiger partial charge in [-0.05, 0) is 6.92 Å². The van der Waals surface area contributed by atoms with Gasteiger partial charge in [0.1, 0.15) is 6.04 Å². The van der Waals surface area contributed by atoms with E-state index in [-0.39, 0.29) is 0 Å². The Hall–Kier alpha value is -1.92. The molecule has 0 radical (unpaired) electrons. The summed E-state index contributed by atoms with van der Waals surface area (Å²) < 4.78 is 0. The van der Waals surface area contributed by atoms with Gasteiger partial charge in [0.05, 0.1) is 0 Å². The first-order chi connectivity index (χ1) is 5.95. The number of hydrogen-bond donors (Lipinski definition) is 2. The molecule has 0 aromatic heterocycles. The topological polar surface area (TPSA) is 110 Å². The molecular formula is C6H7N3O4. The van der Waals surface area contributed by atoms with E-state index < -0.39 is 29.8 Å². The summed E-state index contributed by atoms with van der Waals surface area (Å²) in [4.78, 5) is 43.6. The molecule has 1 rings (SSSR count).